The van der Waals surface area contributed by atoms with Crippen molar-refractivity contribution in [3.8, 4) is 11.8 Å². The fourth-order valence-corrected chi connectivity index (χ4v) is 1.59. The van der Waals surface area contributed by atoms with E-state index in [1.165, 1.54) is 32.1 Å². The molecule has 1 aliphatic carbocycles. The van der Waals surface area contributed by atoms with Crippen LogP contribution in [0.5, 0.6) is 0 Å². The van der Waals surface area contributed by atoms with Gasteiger partial charge in [-0.1, -0.05) is 25.2 Å². The molecular weight excluding hydrogens is 151 g/mol. The summed E-state index contributed by atoms with van der Waals surface area (Å²) in [4.78, 5) is 0. The van der Waals surface area contributed by atoms with Crippen LogP contribution in [0.25, 0.3) is 0 Å². The van der Waals surface area contributed by atoms with E-state index in [4.69, 9.17) is 0 Å². The molecule has 0 spiro atoms. The molecule has 0 aromatic heterocycles. The van der Waals surface area contributed by atoms with Crippen molar-refractivity contribution in [1.82, 2.24) is 0 Å². The highest BCUT2D eigenvalue weighted by Crippen LogP contribution is 2.22. The molecule has 1 rings (SSSR count). The zero-order valence-electron chi connectivity index (χ0n) is 7.78. The molecule has 0 saturated heterocycles. The summed E-state index contributed by atoms with van der Waals surface area (Å²) in [5.74, 6) is 6.66. The highest BCUT2D eigenvalue weighted by molar-refractivity contribution is 5.05. The maximum Gasteiger partial charge on any atom is 0.108 e. The molecule has 1 aliphatic rings. The Bertz CT molecular complexity index is 167. The van der Waals surface area contributed by atoms with Gasteiger partial charge in [0.1, 0.15) is 6.17 Å². The van der Waals surface area contributed by atoms with Gasteiger partial charge in [0.2, 0.25) is 0 Å². The van der Waals surface area contributed by atoms with Gasteiger partial charge in [0, 0.05) is 12.3 Å². The van der Waals surface area contributed by atoms with Crippen LogP contribution in [0.4, 0.5) is 4.39 Å². The second-order valence-corrected chi connectivity index (χ2v) is 3.64. The lowest BCUT2D eigenvalue weighted by molar-refractivity contribution is 0.368. The van der Waals surface area contributed by atoms with Crippen molar-refractivity contribution in [3.05, 3.63) is 0 Å². The maximum atomic E-state index is 12.4. The second kappa shape index (κ2) is 5.19. The van der Waals surface area contributed by atoms with Crippen LogP contribution in [0.15, 0.2) is 0 Å². The number of halogens is 1. The molecule has 0 bridgehead atoms. The minimum atomic E-state index is -0.763. The highest BCUT2D eigenvalue weighted by Gasteiger charge is 2.09. The van der Waals surface area contributed by atoms with Gasteiger partial charge in [0.05, 0.1) is 0 Å². The van der Waals surface area contributed by atoms with Gasteiger partial charge < -0.3 is 0 Å². The smallest absolute Gasteiger partial charge is 0.108 e. The van der Waals surface area contributed by atoms with Crippen molar-refractivity contribution in [2.75, 3.05) is 0 Å². The van der Waals surface area contributed by atoms with Crippen molar-refractivity contribution < 1.29 is 4.39 Å². The lowest BCUT2D eigenvalue weighted by Crippen LogP contribution is -2.03. The van der Waals surface area contributed by atoms with E-state index in [0.29, 0.717) is 12.3 Å². The summed E-state index contributed by atoms with van der Waals surface area (Å²) in [5, 5.41) is 0. The molecule has 0 heterocycles. The van der Waals surface area contributed by atoms with E-state index < -0.39 is 6.17 Å². The Morgan fingerprint density at radius 1 is 1.33 bits per heavy atom. The van der Waals surface area contributed by atoms with Gasteiger partial charge in [-0.25, -0.2) is 4.39 Å². The molecule has 68 valence electrons. The molecule has 1 fully saturated rings. The minimum absolute atomic E-state index is 0.413. The lowest BCUT2D eigenvalue weighted by Gasteiger charge is -2.15. The summed E-state index contributed by atoms with van der Waals surface area (Å²) < 4.78 is 12.4. The summed E-state index contributed by atoms with van der Waals surface area (Å²) in [6.45, 7) is 1.57. The van der Waals surface area contributed by atoms with Crippen molar-refractivity contribution in [2.45, 2.75) is 51.6 Å². The zero-order chi connectivity index (χ0) is 8.81. The number of rotatable bonds is 1. The molecule has 1 saturated carbocycles. The van der Waals surface area contributed by atoms with Crippen LogP contribution in [0.3, 0.4) is 0 Å². The molecular formula is C11H17F. The first kappa shape index (κ1) is 9.58. The predicted molar refractivity (Wildman–Crippen MR) is 49.5 cm³/mol. The van der Waals surface area contributed by atoms with Crippen molar-refractivity contribution in [2.24, 2.45) is 5.92 Å². The van der Waals surface area contributed by atoms with Crippen LogP contribution in [0.2, 0.25) is 0 Å². The summed E-state index contributed by atoms with van der Waals surface area (Å²) in [6, 6.07) is 0. The third-order valence-electron chi connectivity index (χ3n) is 2.29. The molecule has 0 aromatic rings. The average Bonchev–Trinajstić information content (AvgIpc) is 2.05. The molecule has 0 aromatic carbocycles. The van der Waals surface area contributed by atoms with Gasteiger partial charge in [-0.15, -0.1) is 5.92 Å². The zero-order valence-corrected chi connectivity index (χ0v) is 7.78. The van der Waals surface area contributed by atoms with Crippen molar-refractivity contribution >= 4 is 0 Å². The first-order valence-electron chi connectivity index (χ1n) is 4.91. The fourth-order valence-electron chi connectivity index (χ4n) is 1.59. The van der Waals surface area contributed by atoms with Crippen LogP contribution in [0.1, 0.15) is 45.4 Å². The van der Waals surface area contributed by atoms with Crippen molar-refractivity contribution in [1.29, 1.82) is 0 Å². The number of hydrogen-bond acceptors (Lipinski definition) is 0. The Balaban J connectivity index is 2.21. The van der Waals surface area contributed by atoms with Gasteiger partial charge >= 0.3 is 0 Å². The first-order valence-corrected chi connectivity index (χ1v) is 4.91. The van der Waals surface area contributed by atoms with Gasteiger partial charge in [-0.3, -0.25) is 0 Å². The molecule has 0 nitrogen and oxygen atoms in total. The van der Waals surface area contributed by atoms with Crippen LogP contribution < -0.4 is 0 Å². The van der Waals surface area contributed by atoms with E-state index in [2.05, 4.69) is 11.8 Å². The van der Waals surface area contributed by atoms with Crippen LogP contribution in [-0.2, 0) is 0 Å². The van der Waals surface area contributed by atoms with Crippen molar-refractivity contribution in [3.63, 3.8) is 0 Å². The third kappa shape index (κ3) is 3.76. The van der Waals surface area contributed by atoms with Crippen LogP contribution >= 0.6 is 0 Å². The number of hydrogen-bond donors (Lipinski definition) is 0. The second-order valence-electron chi connectivity index (χ2n) is 3.64. The van der Waals surface area contributed by atoms with E-state index in [1.807, 2.05) is 0 Å². The van der Waals surface area contributed by atoms with Gasteiger partial charge in [-0.2, -0.15) is 0 Å². The molecule has 1 unspecified atom stereocenters. The average molecular weight is 168 g/mol. The summed E-state index contributed by atoms with van der Waals surface area (Å²) in [5.41, 5.74) is 0. The molecule has 0 radical (unpaired) electrons. The first-order chi connectivity index (χ1) is 5.79. The molecule has 12 heavy (non-hydrogen) atoms. The molecule has 0 N–H and O–H groups in total. The lowest BCUT2D eigenvalue weighted by atomic mass is 9.90. The summed E-state index contributed by atoms with van der Waals surface area (Å²) >= 11 is 0. The Hall–Kier alpha value is -0.510. The SMILES string of the molecule is CC(F)CC#CC1CCCCC1. The van der Waals surface area contributed by atoms with E-state index in [0.717, 1.165) is 0 Å². The highest BCUT2D eigenvalue weighted by atomic mass is 19.1. The number of alkyl halides is 1. The summed E-state index contributed by atoms with van der Waals surface area (Å²) in [6.07, 6.45) is 6.09. The normalized spacial score (nSPS) is 21.2. The largest absolute Gasteiger partial charge is 0.247 e. The Morgan fingerprint density at radius 2 is 2.00 bits per heavy atom. The third-order valence-corrected chi connectivity index (χ3v) is 2.29. The minimum Gasteiger partial charge on any atom is -0.247 e. The van der Waals surface area contributed by atoms with Gasteiger partial charge in [-0.05, 0) is 19.8 Å². The maximum absolute atomic E-state index is 12.4. The monoisotopic (exact) mass is 168 g/mol. The van der Waals surface area contributed by atoms with Crippen LogP contribution in [0, 0.1) is 17.8 Å². The molecule has 0 amide bonds. The molecule has 1 atom stereocenters. The van der Waals surface area contributed by atoms with E-state index in [1.54, 1.807) is 6.92 Å². The molecule has 1 heteroatoms. The Morgan fingerprint density at radius 3 is 2.58 bits per heavy atom. The summed E-state index contributed by atoms with van der Waals surface area (Å²) in [7, 11) is 0. The quantitative estimate of drug-likeness (QED) is 0.527. The Kier molecular flexibility index (Phi) is 4.14. The van der Waals surface area contributed by atoms with Crippen LogP contribution in [-0.4, -0.2) is 6.17 Å². The topological polar surface area (TPSA) is 0 Å². The predicted octanol–water partition coefficient (Wildman–Crippen LogP) is 3.32. The van der Waals surface area contributed by atoms with E-state index >= 15 is 0 Å². The van der Waals surface area contributed by atoms with E-state index in [-0.39, 0.29) is 0 Å². The van der Waals surface area contributed by atoms with Gasteiger partial charge in [0.15, 0.2) is 0 Å². The van der Waals surface area contributed by atoms with E-state index in [9.17, 15) is 4.39 Å². The van der Waals surface area contributed by atoms with Gasteiger partial charge in [0.25, 0.3) is 0 Å². The Labute approximate surface area is 74.5 Å². The standard InChI is InChI=1S/C11H17F/c1-10(12)6-5-9-11-7-3-2-4-8-11/h10-11H,2-4,6-8H2,1H3. The molecule has 0 aliphatic heterocycles. The fraction of sp³-hybridized carbons (Fsp3) is 0.818.